The van der Waals surface area contributed by atoms with Crippen LogP contribution in [0.3, 0.4) is 0 Å². The summed E-state index contributed by atoms with van der Waals surface area (Å²) in [7, 11) is 1.60. The van der Waals surface area contributed by atoms with Crippen molar-refractivity contribution in [2.75, 3.05) is 20.3 Å². The minimum absolute atomic E-state index is 0.181. The summed E-state index contributed by atoms with van der Waals surface area (Å²) in [4.78, 5) is 11.3. The molecule has 0 fully saturated rings. The van der Waals surface area contributed by atoms with Crippen LogP contribution in [0.15, 0.2) is 71.9 Å². The van der Waals surface area contributed by atoms with Crippen molar-refractivity contribution < 1.29 is 19.1 Å². The molecular weight excluding hydrogens is 518 g/mol. The Bertz CT molecular complexity index is 1480. The summed E-state index contributed by atoms with van der Waals surface area (Å²) in [5, 5.41) is 29.5. The summed E-state index contributed by atoms with van der Waals surface area (Å²) in [5.41, 5.74) is 2.79. The van der Waals surface area contributed by atoms with Crippen LogP contribution >= 0.6 is 11.8 Å². The maximum atomic E-state index is 11.7. The fourth-order valence-corrected chi connectivity index (χ4v) is 5.11. The number of benzene rings is 3. The number of methoxy groups -OCH3 is 1. The monoisotopic (exact) mass is 545 g/mol. The first-order valence-electron chi connectivity index (χ1n) is 12.2. The SMILES string of the molecule is CCOc1cc([C@H](C[N+](=O)[O-])Sc2nnc(C)n2-c2ccc(OC)cc2)ccc1OCc1ccccc1C#N. The van der Waals surface area contributed by atoms with Gasteiger partial charge in [-0.1, -0.05) is 36.0 Å². The normalized spacial score (nSPS) is 11.4. The van der Waals surface area contributed by atoms with Crippen LogP contribution in [0.1, 0.15) is 34.7 Å². The standard InChI is InChI=1S/C28H27N5O5S/c1-4-37-26-15-20(9-14-25(26)38-18-22-8-6-5-7-21(22)16-29)27(17-32(34)35)39-28-31-30-19(2)33(28)23-10-12-24(36-3)13-11-23/h5-15,27H,4,17-18H2,1-3H3/t27-/m0/s1. The van der Waals surface area contributed by atoms with Crippen LogP contribution < -0.4 is 14.2 Å². The first-order valence-corrected chi connectivity index (χ1v) is 13.0. The van der Waals surface area contributed by atoms with E-state index in [9.17, 15) is 15.4 Å². The quantitative estimate of drug-likeness (QED) is 0.128. The predicted molar refractivity (Wildman–Crippen MR) is 146 cm³/mol. The number of nitriles is 1. The van der Waals surface area contributed by atoms with Crippen molar-refractivity contribution in [1.29, 1.82) is 5.26 Å². The number of aryl methyl sites for hydroxylation is 1. The molecule has 10 nitrogen and oxygen atoms in total. The van der Waals surface area contributed by atoms with E-state index in [-0.39, 0.29) is 18.1 Å². The average molecular weight is 546 g/mol. The molecule has 0 radical (unpaired) electrons. The van der Waals surface area contributed by atoms with Crippen LogP contribution in [0, 0.1) is 28.4 Å². The van der Waals surface area contributed by atoms with E-state index in [0.717, 1.165) is 11.3 Å². The van der Waals surface area contributed by atoms with Gasteiger partial charge in [0.1, 0.15) is 23.4 Å². The summed E-state index contributed by atoms with van der Waals surface area (Å²) in [6, 6.07) is 22.1. The van der Waals surface area contributed by atoms with Gasteiger partial charge in [-0.25, -0.2) is 0 Å². The second-order valence-corrected chi connectivity index (χ2v) is 9.55. The van der Waals surface area contributed by atoms with Gasteiger partial charge in [0.15, 0.2) is 16.7 Å². The lowest BCUT2D eigenvalue weighted by molar-refractivity contribution is -0.479. The highest BCUT2D eigenvalue weighted by molar-refractivity contribution is 7.99. The summed E-state index contributed by atoms with van der Waals surface area (Å²) >= 11 is 1.25. The lowest BCUT2D eigenvalue weighted by atomic mass is 10.1. The zero-order chi connectivity index (χ0) is 27.8. The third kappa shape index (κ3) is 6.66. The maximum Gasteiger partial charge on any atom is 0.220 e. The van der Waals surface area contributed by atoms with E-state index in [4.69, 9.17) is 14.2 Å². The van der Waals surface area contributed by atoms with Crippen molar-refractivity contribution >= 4 is 11.8 Å². The molecule has 0 N–H and O–H groups in total. The van der Waals surface area contributed by atoms with Crippen LogP contribution in [0.4, 0.5) is 0 Å². The Morgan fingerprint density at radius 1 is 1.08 bits per heavy atom. The number of aromatic nitrogens is 3. The van der Waals surface area contributed by atoms with Gasteiger partial charge in [-0.05, 0) is 61.9 Å². The maximum absolute atomic E-state index is 11.7. The molecular formula is C28H27N5O5S. The molecule has 0 saturated heterocycles. The van der Waals surface area contributed by atoms with Crippen molar-refractivity contribution in [3.8, 4) is 29.0 Å². The fraction of sp³-hybridized carbons (Fsp3) is 0.250. The number of nitrogens with zero attached hydrogens (tertiary/aromatic N) is 5. The molecule has 0 aliphatic rings. The molecule has 39 heavy (non-hydrogen) atoms. The molecule has 0 aliphatic carbocycles. The minimum Gasteiger partial charge on any atom is -0.497 e. The van der Waals surface area contributed by atoms with E-state index in [1.807, 2.05) is 54.8 Å². The Kier molecular flexibility index (Phi) is 9.01. The molecule has 1 atom stereocenters. The highest BCUT2D eigenvalue weighted by Gasteiger charge is 2.25. The summed E-state index contributed by atoms with van der Waals surface area (Å²) in [6.07, 6.45) is 0. The molecule has 0 aliphatic heterocycles. The van der Waals surface area contributed by atoms with Crippen LogP contribution in [-0.2, 0) is 6.61 Å². The Labute approximate surface area is 230 Å². The van der Waals surface area contributed by atoms with Gasteiger partial charge < -0.3 is 14.2 Å². The molecule has 4 rings (SSSR count). The van der Waals surface area contributed by atoms with Gasteiger partial charge >= 0.3 is 0 Å². The molecule has 0 unspecified atom stereocenters. The first-order chi connectivity index (χ1) is 18.9. The van der Waals surface area contributed by atoms with E-state index in [1.165, 1.54) is 11.8 Å². The highest BCUT2D eigenvalue weighted by Crippen LogP contribution is 2.40. The van der Waals surface area contributed by atoms with Gasteiger partial charge in [-0.2, -0.15) is 5.26 Å². The van der Waals surface area contributed by atoms with Gasteiger partial charge in [0.25, 0.3) is 0 Å². The average Bonchev–Trinajstić information content (AvgIpc) is 3.31. The molecule has 4 aromatic rings. The third-order valence-corrected chi connectivity index (χ3v) is 7.03. The molecule has 200 valence electrons. The first kappa shape index (κ1) is 27.5. The van der Waals surface area contributed by atoms with Gasteiger partial charge in [0.2, 0.25) is 6.54 Å². The third-order valence-electron chi connectivity index (χ3n) is 5.85. The predicted octanol–water partition coefficient (Wildman–Crippen LogP) is 5.54. The largest absolute Gasteiger partial charge is 0.497 e. The molecule has 1 heterocycles. The number of nitro groups is 1. The second-order valence-electron chi connectivity index (χ2n) is 8.38. The zero-order valence-electron chi connectivity index (χ0n) is 21.7. The summed E-state index contributed by atoms with van der Waals surface area (Å²) in [6.45, 7) is 3.91. The Morgan fingerprint density at radius 2 is 1.85 bits per heavy atom. The second kappa shape index (κ2) is 12.8. The lowest BCUT2D eigenvalue weighted by Gasteiger charge is -2.18. The van der Waals surface area contributed by atoms with Crippen molar-refractivity contribution in [3.63, 3.8) is 0 Å². The van der Waals surface area contributed by atoms with Crippen molar-refractivity contribution in [3.05, 3.63) is 99.4 Å². The van der Waals surface area contributed by atoms with Crippen molar-refractivity contribution in [1.82, 2.24) is 14.8 Å². The van der Waals surface area contributed by atoms with Gasteiger partial charge in [0, 0.05) is 16.2 Å². The minimum atomic E-state index is -0.576. The van der Waals surface area contributed by atoms with Crippen molar-refractivity contribution in [2.45, 2.75) is 30.9 Å². The number of thioether (sulfide) groups is 1. The lowest BCUT2D eigenvalue weighted by Crippen LogP contribution is -2.12. The van der Waals surface area contributed by atoms with E-state index in [1.54, 1.807) is 37.4 Å². The van der Waals surface area contributed by atoms with E-state index >= 15 is 0 Å². The molecule has 11 heteroatoms. The topological polar surface area (TPSA) is 125 Å². The molecule has 0 saturated carbocycles. The van der Waals surface area contributed by atoms with Crippen LogP contribution in [-0.4, -0.2) is 39.9 Å². The molecule has 1 aromatic heterocycles. The van der Waals surface area contributed by atoms with Gasteiger partial charge in [-0.15, -0.1) is 10.2 Å². The molecule has 0 bridgehead atoms. The summed E-state index contributed by atoms with van der Waals surface area (Å²) < 4.78 is 18.9. The van der Waals surface area contributed by atoms with E-state index < -0.39 is 5.25 Å². The molecule has 0 spiro atoms. The van der Waals surface area contributed by atoms with Gasteiger partial charge in [0.05, 0.1) is 25.3 Å². The van der Waals surface area contributed by atoms with Gasteiger partial charge in [-0.3, -0.25) is 14.7 Å². The fourth-order valence-electron chi connectivity index (χ4n) is 3.94. The zero-order valence-corrected chi connectivity index (χ0v) is 22.6. The van der Waals surface area contributed by atoms with Crippen LogP contribution in [0.5, 0.6) is 17.2 Å². The number of hydrogen-bond acceptors (Lipinski definition) is 9. The number of ether oxygens (including phenoxy) is 3. The molecule has 3 aromatic carbocycles. The summed E-state index contributed by atoms with van der Waals surface area (Å²) in [5.74, 6) is 2.31. The van der Waals surface area contributed by atoms with Crippen LogP contribution in [0.2, 0.25) is 0 Å². The van der Waals surface area contributed by atoms with Crippen LogP contribution in [0.25, 0.3) is 5.69 Å². The Balaban J connectivity index is 1.63. The van der Waals surface area contributed by atoms with Crippen molar-refractivity contribution in [2.24, 2.45) is 0 Å². The smallest absolute Gasteiger partial charge is 0.220 e. The Morgan fingerprint density at radius 3 is 2.54 bits per heavy atom. The number of hydrogen-bond donors (Lipinski definition) is 0. The molecule has 0 amide bonds. The van der Waals surface area contributed by atoms with E-state index in [0.29, 0.717) is 46.0 Å². The highest BCUT2D eigenvalue weighted by atomic mass is 32.2. The van der Waals surface area contributed by atoms with E-state index in [2.05, 4.69) is 16.3 Å². The Hall–Kier alpha value is -4.56. The number of rotatable bonds is 12.